The van der Waals surface area contributed by atoms with Gasteiger partial charge in [-0.25, -0.2) is 26.7 Å². The molecule has 1 aliphatic heterocycles. The molecule has 29 heavy (non-hydrogen) atoms. The Morgan fingerprint density at radius 1 is 1.10 bits per heavy atom. The molecule has 0 fully saturated rings. The molecule has 0 spiro atoms. The molecule has 1 heterocycles. The molecule has 6 nitrogen and oxygen atoms in total. The van der Waals surface area contributed by atoms with Crippen LogP contribution in [0.5, 0.6) is 0 Å². The lowest BCUT2D eigenvalue weighted by Gasteiger charge is -2.39. The monoisotopic (exact) mass is 456 g/mol. The number of anilines is 1. The highest BCUT2D eigenvalue weighted by Gasteiger charge is 2.62. The maximum Gasteiger partial charge on any atom is 0.434 e. The molecule has 0 saturated carbocycles. The van der Waals surface area contributed by atoms with E-state index in [1.807, 2.05) is 0 Å². The van der Waals surface area contributed by atoms with Gasteiger partial charge < -0.3 is 4.74 Å². The molecule has 1 unspecified atom stereocenters. The molecule has 0 saturated heterocycles. The third kappa shape index (κ3) is 4.00. The molecular weight excluding hydrogens is 447 g/mol. The second kappa shape index (κ2) is 7.11. The zero-order valence-corrected chi connectivity index (χ0v) is 15.6. The summed E-state index contributed by atoms with van der Waals surface area (Å²) in [6, 6.07) is 4.40. The van der Waals surface area contributed by atoms with E-state index >= 15 is 0 Å². The highest BCUT2D eigenvalue weighted by Crippen LogP contribution is 2.48. The zero-order valence-electron chi connectivity index (χ0n) is 14.0. The Bertz CT molecular complexity index is 1070. The Morgan fingerprint density at radius 2 is 1.72 bits per heavy atom. The maximum atomic E-state index is 14.0. The largest absolute Gasteiger partial charge is 0.434 e. The summed E-state index contributed by atoms with van der Waals surface area (Å²) in [7, 11) is -4.81. The Kier molecular flexibility index (Phi) is 5.22. The number of ether oxygens (including phenoxy) is 1. The number of fused-ring (bicyclic) bond motifs is 1. The van der Waals surface area contributed by atoms with Crippen molar-refractivity contribution in [2.24, 2.45) is 0 Å². The van der Waals surface area contributed by atoms with Gasteiger partial charge in [0.2, 0.25) is 15.6 Å². The predicted octanol–water partition coefficient (Wildman–Crippen LogP) is 3.92. The fourth-order valence-electron chi connectivity index (χ4n) is 2.71. The van der Waals surface area contributed by atoms with Gasteiger partial charge in [-0.05, 0) is 30.3 Å². The molecule has 3 rings (SSSR count). The molecular formula is C16H10ClF5N2O4S. The third-order valence-corrected chi connectivity index (χ3v) is 5.65. The minimum atomic E-state index is -5.28. The van der Waals surface area contributed by atoms with Gasteiger partial charge in [-0.2, -0.15) is 13.2 Å². The smallest absolute Gasteiger partial charge is 0.426 e. The number of alkyl halides is 3. The number of hydrogen-bond donors (Lipinski definition) is 2. The van der Waals surface area contributed by atoms with Crippen LogP contribution in [0, 0.1) is 11.6 Å². The number of hydrogen-bond acceptors (Lipinski definition) is 4. The van der Waals surface area contributed by atoms with Gasteiger partial charge in [-0.3, -0.25) is 5.32 Å². The molecule has 0 radical (unpaired) electrons. The van der Waals surface area contributed by atoms with E-state index in [1.54, 1.807) is 4.72 Å². The quantitative estimate of drug-likeness (QED) is 0.683. The van der Waals surface area contributed by atoms with Crippen LogP contribution in [0.3, 0.4) is 0 Å². The number of nitrogens with one attached hydrogen (secondary N) is 2. The minimum absolute atomic E-state index is 0.132. The summed E-state index contributed by atoms with van der Waals surface area (Å²) in [5.41, 5.74) is -4.38. The standard InChI is InChI=1S/C16H10ClF5N2O4S/c17-8-1-2-13-12(3-8)15(16(20,21)22,28-14(25)24-13)7-23-29(26,27)11-5-9(18)4-10(19)6-11/h1-6,23H,7H2,(H,24,25). The molecule has 2 N–H and O–H groups in total. The van der Waals surface area contributed by atoms with Crippen LogP contribution in [0.15, 0.2) is 41.3 Å². The van der Waals surface area contributed by atoms with Gasteiger partial charge in [0, 0.05) is 16.7 Å². The van der Waals surface area contributed by atoms with E-state index in [-0.39, 0.29) is 10.7 Å². The van der Waals surface area contributed by atoms with Gasteiger partial charge in [0.1, 0.15) is 11.6 Å². The Hall–Kier alpha value is -2.44. The normalized spacial score (nSPS) is 19.3. The number of carbonyl (C=O) groups excluding carboxylic acids is 1. The summed E-state index contributed by atoms with van der Waals surface area (Å²) in [4.78, 5) is 10.8. The van der Waals surface area contributed by atoms with Gasteiger partial charge in [0.25, 0.3) is 0 Å². The average molecular weight is 457 g/mol. The molecule has 0 bridgehead atoms. The van der Waals surface area contributed by atoms with Crippen LogP contribution in [0.1, 0.15) is 5.56 Å². The lowest BCUT2D eigenvalue weighted by atomic mass is 9.90. The van der Waals surface area contributed by atoms with E-state index in [0.717, 1.165) is 12.1 Å². The highest BCUT2D eigenvalue weighted by atomic mass is 35.5. The van der Waals surface area contributed by atoms with E-state index < -0.39 is 56.5 Å². The number of cyclic esters (lactones) is 1. The third-order valence-electron chi connectivity index (χ3n) is 4.04. The van der Waals surface area contributed by atoms with E-state index in [1.165, 1.54) is 6.07 Å². The Labute approximate surface area is 165 Å². The minimum Gasteiger partial charge on any atom is -0.426 e. The van der Waals surface area contributed by atoms with Gasteiger partial charge in [0.05, 0.1) is 17.1 Å². The maximum absolute atomic E-state index is 14.0. The lowest BCUT2D eigenvalue weighted by Crippen LogP contribution is -2.56. The van der Waals surface area contributed by atoms with Crippen molar-refractivity contribution < 1.29 is 39.9 Å². The number of amides is 1. The average Bonchev–Trinajstić information content (AvgIpc) is 2.58. The Morgan fingerprint density at radius 3 is 2.31 bits per heavy atom. The molecule has 156 valence electrons. The van der Waals surface area contributed by atoms with Gasteiger partial charge in [-0.1, -0.05) is 11.6 Å². The first-order valence-corrected chi connectivity index (χ1v) is 9.53. The van der Waals surface area contributed by atoms with Gasteiger partial charge in [0.15, 0.2) is 0 Å². The fourth-order valence-corrected chi connectivity index (χ4v) is 3.98. The van der Waals surface area contributed by atoms with Crippen molar-refractivity contribution in [3.63, 3.8) is 0 Å². The molecule has 0 aliphatic carbocycles. The van der Waals surface area contributed by atoms with Crippen LogP contribution < -0.4 is 10.0 Å². The molecule has 1 aliphatic rings. The van der Waals surface area contributed by atoms with Crippen molar-refractivity contribution in [2.45, 2.75) is 16.7 Å². The zero-order chi connectivity index (χ0) is 21.6. The molecule has 1 atom stereocenters. The first-order chi connectivity index (χ1) is 13.3. The summed E-state index contributed by atoms with van der Waals surface area (Å²) in [6.07, 6.45) is -6.76. The Balaban J connectivity index is 2.06. The number of rotatable bonds is 4. The van der Waals surface area contributed by atoms with E-state index in [4.69, 9.17) is 11.6 Å². The van der Waals surface area contributed by atoms with Crippen LogP contribution in [-0.4, -0.2) is 27.2 Å². The first-order valence-electron chi connectivity index (χ1n) is 7.67. The summed E-state index contributed by atoms with van der Waals surface area (Å²) >= 11 is 5.75. The second-order valence-corrected chi connectivity index (χ2v) is 8.16. The highest BCUT2D eigenvalue weighted by molar-refractivity contribution is 7.89. The van der Waals surface area contributed by atoms with Crippen molar-refractivity contribution in [3.8, 4) is 0 Å². The van der Waals surface area contributed by atoms with Crippen LogP contribution >= 0.6 is 11.6 Å². The van der Waals surface area contributed by atoms with Crippen molar-refractivity contribution in [1.82, 2.24) is 4.72 Å². The predicted molar refractivity (Wildman–Crippen MR) is 90.8 cm³/mol. The van der Waals surface area contributed by atoms with Crippen LogP contribution in [0.2, 0.25) is 5.02 Å². The molecule has 2 aromatic carbocycles. The van der Waals surface area contributed by atoms with Crippen molar-refractivity contribution in [1.29, 1.82) is 0 Å². The summed E-state index contributed by atoms with van der Waals surface area (Å²) in [5.74, 6) is -2.50. The molecule has 1 amide bonds. The first kappa shape index (κ1) is 21.3. The van der Waals surface area contributed by atoms with Crippen LogP contribution in [0.4, 0.5) is 32.4 Å². The molecule has 2 aromatic rings. The van der Waals surface area contributed by atoms with Crippen molar-refractivity contribution in [2.75, 3.05) is 11.9 Å². The molecule has 0 aromatic heterocycles. The number of sulfonamides is 1. The van der Waals surface area contributed by atoms with Crippen molar-refractivity contribution in [3.05, 3.63) is 58.6 Å². The second-order valence-electron chi connectivity index (χ2n) is 5.96. The molecule has 13 heteroatoms. The van der Waals surface area contributed by atoms with E-state index in [0.29, 0.717) is 18.2 Å². The van der Waals surface area contributed by atoms with Crippen LogP contribution in [0.25, 0.3) is 0 Å². The lowest BCUT2D eigenvalue weighted by molar-refractivity contribution is -0.261. The fraction of sp³-hybridized carbons (Fsp3) is 0.188. The van der Waals surface area contributed by atoms with E-state index in [2.05, 4.69) is 10.1 Å². The number of halogens is 6. The van der Waals surface area contributed by atoms with Gasteiger partial charge in [-0.15, -0.1) is 0 Å². The summed E-state index contributed by atoms with van der Waals surface area (Å²) in [5, 5.41) is 1.93. The topological polar surface area (TPSA) is 84.5 Å². The van der Waals surface area contributed by atoms with Crippen LogP contribution in [-0.2, 0) is 20.4 Å². The van der Waals surface area contributed by atoms with E-state index in [9.17, 15) is 35.2 Å². The SMILES string of the molecule is O=C1Nc2ccc(Cl)cc2C(CNS(=O)(=O)c2cc(F)cc(F)c2)(C(F)(F)F)O1. The summed E-state index contributed by atoms with van der Waals surface area (Å²) < 4.78 is 99.3. The number of benzene rings is 2. The van der Waals surface area contributed by atoms with Crippen molar-refractivity contribution >= 4 is 33.4 Å². The van der Waals surface area contributed by atoms with Gasteiger partial charge >= 0.3 is 12.3 Å². The summed E-state index contributed by atoms with van der Waals surface area (Å²) in [6.45, 7) is -1.50. The number of carbonyl (C=O) groups is 1.